The van der Waals surface area contributed by atoms with Crippen LogP contribution in [0.4, 0.5) is 16.6 Å². The van der Waals surface area contributed by atoms with Crippen molar-refractivity contribution in [3.05, 3.63) is 64.3 Å². The predicted octanol–water partition coefficient (Wildman–Crippen LogP) is 4.03. The predicted molar refractivity (Wildman–Crippen MR) is 124 cm³/mol. The van der Waals surface area contributed by atoms with Gasteiger partial charge in [0.05, 0.1) is 17.1 Å². The molecule has 160 valence electrons. The number of hydrogen-bond acceptors (Lipinski definition) is 7. The van der Waals surface area contributed by atoms with E-state index >= 15 is 0 Å². The maximum absolute atomic E-state index is 12.7. The topological polar surface area (TPSA) is 78.4 Å². The molecule has 3 aromatic rings. The molecular formula is C22H22ClN5O2S. The maximum Gasteiger partial charge on any atom is 0.228 e. The molecule has 2 aromatic heterocycles. The standard InChI is InChI=1S/C22H22ClN5O2S/c1-15(29)16-2-5-19(6-3-16)27-8-10-28(11-9-27)21(30)12-18-14-31-22(25-18)26-20-7-4-17(23)13-24-20/h2-7,13-14H,8-12H2,1H3,(H,24,25,26). The second-order valence-electron chi connectivity index (χ2n) is 7.28. The van der Waals surface area contributed by atoms with Gasteiger partial charge in [0.15, 0.2) is 10.9 Å². The summed E-state index contributed by atoms with van der Waals surface area (Å²) in [6.07, 6.45) is 1.85. The van der Waals surface area contributed by atoms with Crippen molar-refractivity contribution >= 4 is 51.3 Å². The lowest BCUT2D eigenvalue weighted by Crippen LogP contribution is -2.49. The monoisotopic (exact) mass is 455 g/mol. The molecule has 1 aromatic carbocycles. The molecule has 1 aliphatic heterocycles. The highest BCUT2D eigenvalue weighted by Gasteiger charge is 2.22. The number of aromatic nitrogens is 2. The third-order valence-corrected chi connectivity index (χ3v) is 6.15. The summed E-state index contributed by atoms with van der Waals surface area (Å²) in [4.78, 5) is 37.0. The fourth-order valence-corrected chi connectivity index (χ4v) is 4.22. The van der Waals surface area contributed by atoms with Gasteiger partial charge in [0.2, 0.25) is 5.91 Å². The Balaban J connectivity index is 1.28. The van der Waals surface area contributed by atoms with Crippen LogP contribution in [0.5, 0.6) is 0 Å². The highest BCUT2D eigenvalue weighted by Crippen LogP contribution is 2.22. The molecule has 0 saturated carbocycles. The van der Waals surface area contributed by atoms with Crippen molar-refractivity contribution < 1.29 is 9.59 Å². The molecule has 0 radical (unpaired) electrons. The largest absolute Gasteiger partial charge is 0.368 e. The Hall–Kier alpha value is -2.97. The van der Waals surface area contributed by atoms with Crippen LogP contribution < -0.4 is 10.2 Å². The summed E-state index contributed by atoms with van der Waals surface area (Å²) >= 11 is 7.29. The molecule has 3 heterocycles. The van der Waals surface area contributed by atoms with Crippen molar-refractivity contribution in [3.63, 3.8) is 0 Å². The van der Waals surface area contributed by atoms with Crippen molar-refractivity contribution in [1.82, 2.24) is 14.9 Å². The number of rotatable bonds is 6. The van der Waals surface area contributed by atoms with Crippen LogP contribution in [-0.2, 0) is 11.2 Å². The summed E-state index contributed by atoms with van der Waals surface area (Å²) in [5, 5.41) is 6.28. The molecule has 1 amide bonds. The summed E-state index contributed by atoms with van der Waals surface area (Å²) in [6, 6.07) is 11.2. The van der Waals surface area contributed by atoms with E-state index in [9.17, 15) is 9.59 Å². The van der Waals surface area contributed by atoms with E-state index < -0.39 is 0 Å². The highest BCUT2D eigenvalue weighted by molar-refractivity contribution is 7.13. The number of ketones is 1. The van der Waals surface area contributed by atoms with Crippen molar-refractivity contribution in [3.8, 4) is 0 Å². The lowest BCUT2D eigenvalue weighted by Gasteiger charge is -2.36. The van der Waals surface area contributed by atoms with Gasteiger partial charge >= 0.3 is 0 Å². The van der Waals surface area contributed by atoms with Gasteiger partial charge in [-0.1, -0.05) is 11.6 Å². The minimum atomic E-state index is 0.0618. The smallest absolute Gasteiger partial charge is 0.228 e. The number of carbonyl (C=O) groups excluding carboxylic acids is 2. The molecule has 9 heteroatoms. The molecule has 1 N–H and O–H groups in total. The van der Waals surface area contributed by atoms with Gasteiger partial charge in [-0.05, 0) is 43.3 Å². The van der Waals surface area contributed by atoms with Gasteiger partial charge < -0.3 is 15.1 Å². The van der Waals surface area contributed by atoms with E-state index in [-0.39, 0.29) is 18.1 Å². The van der Waals surface area contributed by atoms with Crippen LogP contribution in [0, 0.1) is 0 Å². The van der Waals surface area contributed by atoms with E-state index in [4.69, 9.17) is 11.6 Å². The summed E-state index contributed by atoms with van der Waals surface area (Å²) in [5.74, 6) is 0.795. The lowest BCUT2D eigenvalue weighted by atomic mass is 10.1. The number of hydrogen-bond donors (Lipinski definition) is 1. The first-order chi connectivity index (χ1) is 15.0. The number of nitrogens with one attached hydrogen (secondary N) is 1. The van der Waals surface area contributed by atoms with Crippen LogP contribution in [0.15, 0.2) is 48.0 Å². The average molecular weight is 456 g/mol. The highest BCUT2D eigenvalue weighted by atomic mass is 35.5. The molecule has 0 atom stereocenters. The molecule has 1 fully saturated rings. The second kappa shape index (κ2) is 9.45. The summed E-state index contributed by atoms with van der Waals surface area (Å²) in [5.41, 5.74) is 2.53. The molecule has 4 rings (SSSR count). The van der Waals surface area contributed by atoms with Gasteiger partial charge in [0.25, 0.3) is 0 Å². The average Bonchev–Trinajstić information content (AvgIpc) is 3.22. The van der Waals surface area contributed by atoms with Crippen molar-refractivity contribution in [2.24, 2.45) is 0 Å². The summed E-state index contributed by atoms with van der Waals surface area (Å²) in [7, 11) is 0. The Morgan fingerprint density at radius 1 is 1.10 bits per heavy atom. The first kappa shape index (κ1) is 21.3. The van der Waals surface area contributed by atoms with Gasteiger partial charge in [-0.3, -0.25) is 9.59 Å². The normalized spacial score (nSPS) is 13.9. The number of nitrogens with zero attached hydrogens (tertiary/aromatic N) is 4. The lowest BCUT2D eigenvalue weighted by molar-refractivity contribution is -0.130. The zero-order valence-electron chi connectivity index (χ0n) is 17.0. The summed E-state index contributed by atoms with van der Waals surface area (Å²) < 4.78 is 0. The molecular weight excluding hydrogens is 434 g/mol. The minimum Gasteiger partial charge on any atom is -0.368 e. The number of halogens is 1. The van der Waals surface area contributed by atoms with Crippen LogP contribution in [0.3, 0.4) is 0 Å². The van der Waals surface area contributed by atoms with Gasteiger partial charge in [-0.2, -0.15) is 0 Å². The number of Topliss-reactive ketones (excluding diaryl/α,β-unsaturated/α-hetero) is 1. The third kappa shape index (κ3) is 5.39. The zero-order valence-corrected chi connectivity index (χ0v) is 18.6. The molecule has 1 aliphatic rings. The molecule has 7 nitrogen and oxygen atoms in total. The van der Waals surface area contributed by atoms with E-state index in [2.05, 4.69) is 20.2 Å². The van der Waals surface area contributed by atoms with Crippen LogP contribution in [0.2, 0.25) is 5.02 Å². The Labute approximate surface area is 189 Å². The molecule has 0 bridgehead atoms. The number of thiazole rings is 1. The van der Waals surface area contributed by atoms with Crippen molar-refractivity contribution in [1.29, 1.82) is 0 Å². The third-order valence-electron chi connectivity index (χ3n) is 5.12. The Kier molecular flexibility index (Phi) is 6.48. The molecule has 0 unspecified atom stereocenters. The number of amides is 1. The van der Waals surface area contributed by atoms with Crippen molar-refractivity contribution in [2.45, 2.75) is 13.3 Å². The zero-order chi connectivity index (χ0) is 21.8. The number of benzene rings is 1. The number of pyridine rings is 1. The van der Waals surface area contributed by atoms with Crippen LogP contribution in [0.1, 0.15) is 23.0 Å². The fourth-order valence-electron chi connectivity index (χ4n) is 3.39. The number of carbonyl (C=O) groups is 2. The van der Waals surface area contributed by atoms with Crippen molar-refractivity contribution in [2.75, 3.05) is 36.4 Å². The Bertz CT molecular complexity index is 1060. The van der Waals surface area contributed by atoms with E-state index in [0.29, 0.717) is 34.6 Å². The van der Waals surface area contributed by atoms with E-state index in [1.54, 1.807) is 25.3 Å². The molecule has 0 aliphatic carbocycles. The van der Waals surface area contributed by atoms with Crippen LogP contribution in [0.25, 0.3) is 0 Å². The molecule has 0 spiro atoms. The fraction of sp³-hybridized carbons (Fsp3) is 0.273. The van der Waals surface area contributed by atoms with Crippen LogP contribution in [-0.4, -0.2) is 52.7 Å². The van der Waals surface area contributed by atoms with Gasteiger partial charge in [0.1, 0.15) is 5.82 Å². The maximum atomic E-state index is 12.7. The quantitative estimate of drug-likeness (QED) is 0.565. The Morgan fingerprint density at radius 2 is 1.84 bits per heavy atom. The van der Waals surface area contributed by atoms with Gasteiger partial charge in [-0.15, -0.1) is 11.3 Å². The SMILES string of the molecule is CC(=O)c1ccc(N2CCN(C(=O)Cc3csc(Nc4ccc(Cl)cn4)n3)CC2)cc1. The van der Waals surface area contributed by atoms with E-state index in [1.165, 1.54) is 11.3 Å². The second-order valence-corrected chi connectivity index (χ2v) is 8.57. The number of piperazine rings is 1. The molecule has 31 heavy (non-hydrogen) atoms. The van der Waals surface area contributed by atoms with Gasteiger partial charge in [-0.25, -0.2) is 9.97 Å². The van der Waals surface area contributed by atoms with Gasteiger partial charge in [0, 0.05) is 49.0 Å². The number of anilines is 3. The first-order valence-corrected chi connectivity index (χ1v) is 11.2. The molecule has 1 saturated heterocycles. The summed E-state index contributed by atoms with van der Waals surface area (Å²) in [6.45, 7) is 4.41. The Morgan fingerprint density at radius 3 is 2.48 bits per heavy atom. The van der Waals surface area contributed by atoms with E-state index in [1.807, 2.05) is 34.5 Å². The van der Waals surface area contributed by atoms with E-state index in [0.717, 1.165) is 24.5 Å². The first-order valence-electron chi connectivity index (χ1n) is 9.94. The minimum absolute atomic E-state index is 0.0618. The van der Waals surface area contributed by atoms with Crippen LogP contribution >= 0.6 is 22.9 Å².